The largest absolute Gasteiger partial charge is 0.486 e. The predicted molar refractivity (Wildman–Crippen MR) is 68.7 cm³/mol. The summed E-state index contributed by atoms with van der Waals surface area (Å²) in [4.78, 5) is 10.4. The van der Waals surface area contributed by atoms with Crippen LogP contribution in [0.4, 0.5) is 5.69 Å². The van der Waals surface area contributed by atoms with Crippen molar-refractivity contribution in [3.63, 3.8) is 0 Å². The Morgan fingerprint density at radius 1 is 1.41 bits per heavy atom. The van der Waals surface area contributed by atoms with Crippen molar-refractivity contribution in [1.82, 2.24) is 0 Å². The molecule has 4 nitrogen and oxygen atoms in total. The minimum absolute atomic E-state index is 0.0385. The molecule has 17 heavy (non-hydrogen) atoms. The number of nitrogens with zero attached hydrogens (tertiary/aromatic N) is 1. The van der Waals surface area contributed by atoms with Gasteiger partial charge in [0.1, 0.15) is 0 Å². The third-order valence-corrected chi connectivity index (χ3v) is 4.48. The first-order valence-corrected chi connectivity index (χ1v) is 6.71. The number of nitro benzene ring substituents is 1. The Bertz CT molecular complexity index is 412. The lowest BCUT2D eigenvalue weighted by Crippen LogP contribution is -2.37. The highest BCUT2D eigenvalue weighted by atomic mass is 79.9. The van der Waals surface area contributed by atoms with Crippen molar-refractivity contribution in [2.75, 3.05) is 11.9 Å². The molecule has 0 N–H and O–H groups in total. The zero-order valence-electron chi connectivity index (χ0n) is 9.39. The summed E-state index contributed by atoms with van der Waals surface area (Å²) in [5, 5.41) is 11.7. The van der Waals surface area contributed by atoms with Crippen molar-refractivity contribution in [2.45, 2.75) is 19.3 Å². The molecule has 2 rings (SSSR count). The second kappa shape index (κ2) is 5.04. The van der Waals surface area contributed by atoms with Crippen LogP contribution in [-0.2, 0) is 0 Å². The highest BCUT2D eigenvalue weighted by Gasteiger charge is 2.37. The molecule has 1 aliphatic carbocycles. The van der Waals surface area contributed by atoms with Crippen LogP contribution in [0, 0.1) is 15.5 Å². The molecular weight excluding hydrogens is 286 g/mol. The second-order valence-corrected chi connectivity index (χ2v) is 5.06. The fourth-order valence-corrected chi connectivity index (χ4v) is 2.68. The van der Waals surface area contributed by atoms with Gasteiger partial charge in [-0.25, -0.2) is 0 Å². The van der Waals surface area contributed by atoms with Crippen LogP contribution in [0.25, 0.3) is 0 Å². The number of para-hydroxylation sites is 2. The summed E-state index contributed by atoms with van der Waals surface area (Å²) in [5.41, 5.74) is 0.209. The van der Waals surface area contributed by atoms with Crippen molar-refractivity contribution < 1.29 is 9.66 Å². The molecule has 0 amide bonds. The van der Waals surface area contributed by atoms with Crippen LogP contribution in [0.2, 0.25) is 0 Å². The topological polar surface area (TPSA) is 52.4 Å². The van der Waals surface area contributed by atoms with Crippen LogP contribution in [0.1, 0.15) is 19.3 Å². The lowest BCUT2D eigenvalue weighted by atomic mass is 9.71. The molecule has 1 aromatic carbocycles. The van der Waals surface area contributed by atoms with Crippen LogP contribution in [0.3, 0.4) is 0 Å². The Kier molecular flexibility index (Phi) is 3.66. The van der Waals surface area contributed by atoms with Gasteiger partial charge in [0, 0.05) is 16.8 Å². The van der Waals surface area contributed by atoms with Gasteiger partial charge < -0.3 is 4.74 Å². The molecule has 0 spiro atoms. The van der Waals surface area contributed by atoms with E-state index in [9.17, 15) is 10.1 Å². The summed E-state index contributed by atoms with van der Waals surface area (Å²) in [5.74, 6) is 0.365. The van der Waals surface area contributed by atoms with Gasteiger partial charge in [-0.05, 0) is 18.9 Å². The van der Waals surface area contributed by atoms with Gasteiger partial charge in [0.15, 0.2) is 5.75 Å². The molecule has 92 valence electrons. The monoisotopic (exact) mass is 299 g/mol. The number of nitro groups is 1. The summed E-state index contributed by atoms with van der Waals surface area (Å²) in [7, 11) is 0. The third kappa shape index (κ3) is 2.60. The summed E-state index contributed by atoms with van der Waals surface area (Å²) in [6, 6.07) is 6.52. The van der Waals surface area contributed by atoms with E-state index in [-0.39, 0.29) is 11.1 Å². The average Bonchev–Trinajstić information content (AvgIpc) is 2.28. The van der Waals surface area contributed by atoms with E-state index in [2.05, 4.69) is 15.9 Å². The molecule has 5 heteroatoms. The van der Waals surface area contributed by atoms with Crippen LogP contribution in [0.15, 0.2) is 24.3 Å². The van der Waals surface area contributed by atoms with Gasteiger partial charge in [-0.3, -0.25) is 10.1 Å². The minimum atomic E-state index is -0.406. The lowest BCUT2D eigenvalue weighted by molar-refractivity contribution is -0.386. The van der Waals surface area contributed by atoms with Gasteiger partial charge in [0.25, 0.3) is 0 Å². The number of benzene rings is 1. The molecule has 0 bridgehead atoms. The number of alkyl halides is 1. The summed E-state index contributed by atoms with van der Waals surface area (Å²) < 4.78 is 5.62. The normalized spacial score (nSPS) is 17.2. The van der Waals surface area contributed by atoms with Crippen molar-refractivity contribution in [3.05, 3.63) is 34.4 Å². The van der Waals surface area contributed by atoms with Crippen LogP contribution in [0.5, 0.6) is 5.75 Å². The Balaban J connectivity index is 2.06. The molecule has 1 aromatic rings. The smallest absolute Gasteiger partial charge is 0.310 e. The molecule has 1 aliphatic rings. The van der Waals surface area contributed by atoms with E-state index in [1.165, 1.54) is 12.5 Å². The second-order valence-electron chi connectivity index (χ2n) is 4.50. The van der Waals surface area contributed by atoms with E-state index in [1.54, 1.807) is 18.2 Å². The van der Waals surface area contributed by atoms with E-state index in [0.717, 1.165) is 18.2 Å². The van der Waals surface area contributed by atoms with Gasteiger partial charge in [-0.2, -0.15) is 0 Å². The number of rotatable bonds is 5. The van der Waals surface area contributed by atoms with E-state index >= 15 is 0 Å². The van der Waals surface area contributed by atoms with Crippen molar-refractivity contribution in [2.24, 2.45) is 5.41 Å². The zero-order valence-corrected chi connectivity index (χ0v) is 11.0. The highest BCUT2D eigenvalue weighted by molar-refractivity contribution is 9.09. The Hall–Kier alpha value is -1.10. The third-order valence-electron chi connectivity index (χ3n) is 3.29. The van der Waals surface area contributed by atoms with Crippen molar-refractivity contribution >= 4 is 21.6 Å². The lowest BCUT2D eigenvalue weighted by Gasteiger charge is -2.39. The molecule has 0 radical (unpaired) electrons. The molecule has 0 saturated heterocycles. The van der Waals surface area contributed by atoms with E-state index in [1.807, 2.05) is 0 Å². The van der Waals surface area contributed by atoms with E-state index in [0.29, 0.717) is 12.4 Å². The first-order valence-electron chi connectivity index (χ1n) is 5.59. The average molecular weight is 300 g/mol. The molecule has 0 aromatic heterocycles. The first kappa shape index (κ1) is 12.4. The van der Waals surface area contributed by atoms with E-state index < -0.39 is 4.92 Å². The molecular formula is C12H14BrNO3. The summed E-state index contributed by atoms with van der Waals surface area (Å²) in [6.07, 6.45) is 3.46. The maximum absolute atomic E-state index is 10.8. The van der Waals surface area contributed by atoms with Crippen LogP contribution >= 0.6 is 15.9 Å². The van der Waals surface area contributed by atoms with Gasteiger partial charge in [0.2, 0.25) is 0 Å². The standard InChI is InChI=1S/C12H14BrNO3/c13-8-12(6-3-7-12)9-17-11-5-2-1-4-10(11)14(15)16/h1-2,4-5H,3,6-9H2. The first-order chi connectivity index (χ1) is 8.17. The maximum Gasteiger partial charge on any atom is 0.310 e. The van der Waals surface area contributed by atoms with Gasteiger partial charge in [0.05, 0.1) is 11.5 Å². The quantitative estimate of drug-likeness (QED) is 0.475. The zero-order chi connectivity index (χ0) is 12.3. The number of halogens is 1. The van der Waals surface area contributed by atoms with Crippen LogP contribution < -0.4 is 4.74 Å². The number of ether oxygens (including phenoxy) is 1. The predicted octanol–water partition coefficient (Wildman–Crippen LogP) is 3.54. The minimum Gasteiger partial charge on any atom is -0.486 e. The molecule has 1 fully saturated rings. The summed E-state index contributed by atoms with van der Waals surface area (Å²) in [6.45, 7) is 0.545. The van der Waals surface area contributed by atoms with Crippen molar-refractivity contribution in [1.29, 1.82) is 0 Å². The Morgan fingerprint density at radius 2 is 2.12 bits per heavy atom. The molecule has 0 unspecified atom stereocenters. The fourth-order valence-electron chi connectivity index (χ4n) is 1.95. The highest BCUT2D eigenvalue weighted by Crippen LogP contribution is 2.43. The Morgan fingerprint density at radius 3 is 2.65 bits per heavy atom. The van der Waals surface area contributed by atoms with E-state index in [4.69, 9.17) is 4.74 Å². The molecule has 0 heterocycles. The van der Waals surface area contributed by atoms with Crippen molar-refractivity contribution in [3.8, 4) is 5.75 Å². The maximum atomic E-state index is 10.8. The number of hydrogen-bond acceptors (Lipinski definition) is 3. The fraction of sp³-hybridized carbons (Fsp3) is 0.500. The van der Waals surface area contributed by atoms with Gasteiger partial charge in [-0.1, -0.05) is 34.5 Å². The summed E-state index contributed by atoms with van der Waals surface area (Å²) >= 11 is 3.49. The molecule has 1 saturated carbocycles. The SMILES string of the molecule is O=[N+]([O-])c1ccccc1OCC1(CBr)CCC1. The Labute approximate surface area is 108 Å². The molecule has 0 atom stereocenters. The number of hydrogen-bond donors (Lipinski definition) is 0. The van der Waals surface area contributed by atoms with Gasteiger partial charge in [-0.15, -0.1) is 0 Å². The molecule has 0 aliphatic heterocycles. The van der Waals surface area contributed by atoms with Crippen LogP contribution in [-0.4, -0.2) is 16.9 Å². The van der Waals surface area contributed by atoms with Gasteiger partial charge >= 0.3 is 5.69 Å².